The van der Waals surface area contributed by atoms with Crippen LogP contribution in [-0.2, 0) is 9.53 Å². The van der Waals surface area contributed by atoms with E-state index >= 15 is 0 Å². The number of likely N-dealkylation sites (N-methyl/N-ethyl adjacent to an activating group) is 1. The zero-order valence-electron chi connectivity index (χ0n) is 8.48. The molecule has 6 heteroatoms. The van der Waals surface area contributed by atoms with Gasteiger partial charge in [-0.05, 0) is 13.2 Å². The molecule has 5 nitrogen and oxygen atoms in total. The number of methoxy groups -OCH3 is 1. The molecule has 0 heterocycles. The Hall–Kier alpha value is -1.22. The van der Waals surface area contributed by atoms with E-state index in [1.54, 1.807) is 17.3 Å². The average molecular weight is 215 g/mol. The Morgan fingerprint density at radius 2 is 2.36 bits per heavy atom. The highest BCUT2D eigenvalue weighted by Crippen LogP contribution is 2.05. The predicted octanol–water partition coefficient (Wildman–Crippen LogP) is 0.681. The van der Waals surface area contributed by atoms with Gasteiger partial charge in [0.25, 0.3) is 0 Å². The van der Waals surface area contributed by atoms with Gasteiger partial charge >= 0.3 is 5.97 Å². The van der Waals surface area contributed by atoms with Crippen molar-refractivity contribution in [1.82, 2.24) is 4.90 Å². The summed E-state index contributed by atoms with van der Waals surface area (Å²) in [6.45, 7) is 2.61. The molecular formula is C8H13N3O2S. The Bertz CT molecular complexity index is 260. The number of thioether (sulfide) groups is 1. The largest absolute Gasteiger partial charge is 0.468 e. The Balaban J connectivity index is 4.46. The Morgan fingerprint density at radius 1 is 1.71 bits per heavy atom. The fourth-order valence-electron chi connectivity index (χ4n) is 0.823. The van der Waals surface area contributed by atoms with Crippen LogP contribution in [0.25, 0.3) is 0 Å². The fraction of sp³-hybridized carbons (Fsp3) is 0.625. The summed E-state index contributed by atoms with van der Waals surface area (Å²) in [5, 5.41) is 8.94. The molecule has 0 atom stereocenters. The third-order valence-electron chi connectivity index (χ3n) is 1.53. The van der Waals surface area contributed by atoms with Gasteiger partial charge in [0.1, 0.15) is 6.54 Å². The summed E-state index contributed by atoms with van der Waals surface area (Å²) in [5.74, 6) is -0.341. The van der Waals surface area contributed by atoms with E-state index in [0.717, 1.165) is 0 Å². The van der Waals surface area contributed by atoms with Crippen LogP contribution in [-0.4, -0.2) is 42.5 Å². The number of amidine groups is 1. The van der Waals surface area contributed by atoms with Crippen molar-refractivity contribution in [2.45, 2.75) is 6.92 Å². The van der Waals surface area contributed by atoms with Gasteiger partial charge in [0.2, 0.25) is 6.19 Å². The van der Waals surface area contributed by atoms with Crippen LogP contribution in [0.4, 0.5) is 0 Å². The normalized spacial score (nSPS) is 10.6. The van der Waals surface area contributed by atoms with Gasteiger partial charge in [0, 0.05) is 6.54 Å². The summed E-state index contributed by atoms with van der Waals surface area (Å²) in [4.78, 5) is 16.3. The highest BCUT2D eigenvalue weighted by Gasteiger charge is 2.12. The minimum absolute atomic E-state index is 0.119. The first-order chi connectivity index (χ1) is 6.69. The van der Waals surface area contributed by atoms with Crippen molar-refractivity contribution in [3.05, 3.63) is 0 Å². The highest BCUT2D eigenvalue weighted by atomic mass is 32.2. The minimum atomic E-state index is -0.341. The lowest BCUT2D eigenvalue weighted by Gasteiger charge is -2.20. The molecule has 0 spiro atoms. The van der Waals surface area contributed by atoms with Crippen LogP contribution in [0, 0.1) is 11.5 Å². The van der Waals surface area contributed by atoms with E-state index in [2.05, 4.69) is 9.73 Å². The molecule has 0 aliphatic carbocycles. The molecule has 0 aromatic heterocycles. The first kappa shape index (κ1) is 12.8. The van der Waals surface area contributed by atoms with Crippen LogP contribution >= 0.6 is 11.8 Å². The molecule has 0 aromatic carbocycles. The smallest absolute Gasteiger partial charge is 0.325 e. The number of nitrogens with zero attached hydrogens (tertiary/aromatic N) is 3. The second kappa shape index (κ2) is 7.21. The standard InChI is InChI=1S/C8H13N3O2S/c1-4-11(5-7(12)13-2)8(14-3)10-6-9/h4-5H2,1-3H3. The third-order valence-corrected chi connectivity index (χ3v) is 2.24. The molecular weight excluding hydrogens is 202 g/mol. The Kier molecular flexibility index (Phi) is 6.58. The monoisotopic (exact) mass is 215 g/mol. The molecule has 0 bridgehead atoms. The SMILES string of the molecule is CCN(CC(=O)OC)C(=NC#N)SC. The van der Waals surface area contributed by atoms with Gasteiger partial charge in [-0.3, -0.25) is 4.79 Å². The van der Waals surface area contributed by atoms with Crippen LogP contribution < -0.4 is 0 Å². The van der Waals surface area contributed by atoms with Gasteiger partial charge in [0.15, 0.2) is 5.17 Å². The maximum atomic E-state index is 11.0. The van der Waals surface area contributed by atoms with Gasteiger partial charge in [0.05, 0.1) is 7.11 Å². The molecule has 0 N–H and O–H groups in total. The average Bonchev–Trinajstić information content (AvgIpc) is 2.22. The van der Waals surface area contributed by atoms with E-state index in [4.69, 9.17) is 5.26 Å². The molecule has 0 aliphatic heterocycles. The van der Waals surface area contributed by atoms with E-state index in [1.165, 1.54) is 18.9 Å². The minimum Gasteiger partial charge on any atom is -0.468 e. The summed E-state index contributed by atoms with van der Waals surface area (Å²) < 4.78 is 4.53. The molecule has 0 radical (unpaired) electrons. The maximum Gasteiger partial charge on any atom is 0.325 e. The van der Waals surface area contributed by atoms with Gasteiger partial charge in [-0.1, -0.05) is 11.8 Å². The zero-order chi connectivity index (χ0) is 11.0. The third kappa shape index (κ3) is 4.14. The Morgan fingerprint density at radius 3 is 2.71 bits per heavy atom. The fourth-order valence-corrected chi connectivity index (χ4v) is 1.41. The van der Waals surface area contributed by atoms with Gasteiger partial charge in [-0.15, -0.1) is 4.99 Å². The second-order valence-electron chi connectivity index (χ2n) is 2.29. The molecule has 0 amide bonds. The topological polar surface area (TPSA) is 65.7 Å². The van der Waals surface area contributed by atoms with Crippen LogP contribution in [0.15, 0.2) is 4.99 Å². The number of aliphatic imine (C=N–C) groups is 1. The maximum absolute atomic E-state index is 11.0. The number of carbonyl (C=O) groups is 1. The summed E-state index contributed by atoms with van der Waals surface area (Å²) in [6, 6.07) is 0. The number of hydrogen-bond acceptors (Lipinski definition) is 5. The van der Waals surface area contributed by atoms with Crippen LogP contribution in [0.5, 0.6) is 0 Å². The zero-order valence-corrected chi connectivity index (χ0v) is 9.30. The summed E-state index contributed by atoms with van der Waals surface area (Å²) in [5.41, 5.74) is 0. The van der Waals surface area contributed by atoms with Crippen molar-refractivity contribution in [2.75, 3.05) is 26.5 Å². The summed E-state index contributed by atoms with van der Waals surface area (Å²) >= 11 is 1.33. The molecule has 0 saturated heterocycles. The van der Waals surface area contributed by atoms with Gasteiger partial charge in [-0.25, -0.2) is 0 Å². The molecule has 78 valence electrons. The van der Waals surface area contributed by atoms with Crippen LogP contribution in [0.1, 0.15) is 6.92 Å². The van der Waals surface area contributed by atoms with Crippen molar-refractivity contribution < 1.29 is 9.53 Å². The van der Waals surface area contributed by atoms with Crippen molar-refractivity contribution in [1.29, 1.82) is 5.26 Å². The Labute approximate surface area is 87.7 Å². The van der Waals surface area contributed by atoms with E-state index in [-0.39, 0.29) is 12.5 Å². The van der Waals surface area contributed by atoms with E-state index in [0.29, 0.717) is 11.7 Å². The lowest BCUT2D eigenvalue weighted by molar-refractivity contribution is -0.140. The number of esters is 1. The molecule has 0 rings (SSSR count). The molecule has 14 heavy (non-hydrogen) atoms. The molecule has 0 aliphatic rings. The number of hydrogen-bond donors (Lipinski definition) is 0. The number of rotatable bonds is 3. The molecule has 0 fully saturated rings. The molecule has 0 saturated carbocycles. The van der Waals surface area contributed by atoms with E-state index in [9.17, 15) is 4.79 Å². The molecule has 0 aromatic rings. The van der Waals surface area contributed by atoms with Crippen molar-refractivity contribution in [3.63, 3.8) is 0 Å². The lowest BCUT2D eigenvalue weighted by Crippen LogP contribution is -2.34. The van der Waals surface area contributed by atoms with Crippen molar-refractivity contribution in [2.24, 2.45) is 4.99 Å². The lowest BCUT2D eigenvalue weighted by atomic mass is 10.5. The van der Waals surface area contributed by atoms with Gasteiger partial charge < -0.3 is 9.64 Å². The number of ether oxygens (including phenoxy) is 1. The second-order valence-corrected chi connectivity index (χ2v) is 3.06. The van der Waals surface area contributed by atoms with E-state index < -0.39 is 0 Å². The quantitative estimate of drug-likeness (QED) is 0.300. The summed E-state index contributed by atoms with van der Waals surface area (Å²) in [7, 11) is 1.33. The van der Waals surface area contributed by atoms with Crippen molar-refractivity contribution in [3.8, 4) is 6.19 Å². The first-order valence-corrected chi connectivity index (χ1v) is 5.24. The number of carbonyl (C=O) groups excluding carboxylic acids is 1. The highest BCUT2D eigenvalue weighted by molar-refractivity contribution is 8.13. The predicted molar refractivity (Wildman–Crippen MR) is 55.8 cm³/mol. The first-order valence-electron chi connectivity index (χ1n) is 4.02. The van der Waals surface area contributed by atoms with Gasteiger partial charge in [-0.2, -0.15) is 5.26 Å². The van der Waals surface area contributed by atoms with Crippen LogP contribution in [0.3, 0.4) is 0 Å². The van der Waals surface area contributed by atoms with E-state index in [1.807, 2.05) is 6.92 Å². The molecule has 0 unspecified atom stereocenters. The van der Waals surface area contributed by atoms with Crippen LogP contribution in [0.2, 0.25) is 0 Å². The van der Waals surface area contributed by atoms with Crippen molar-refractivity contribution >= 4 is 22.9 Å². The number of nitriles is 1. The summed E-state index contributed by atoms with van der Waals surface area (Å²) in [6.07, 6.45) is 3.50.